The zero-order valence-corrected chi connectivity index (χ0v) is 20.2. The van der Waals surface area contributed by atoms with Crippen molar-refractivity contribution in [1.82, 2.24) is 4.90 Å². The van der Waals surface area contributed by atoms with Gasteiger partial charge in [0.25, 0.3) is 0 Å². The molecular weight excluding hydrogens is 464 g/mol. The molecule has 2 aromatic rings. The van der Waals surface area contributed by atoms with Crippen molar-refractivity contribution in [2.45, 2.75) is 62.8 Å². The molecule has 2 saturated heterocycles. The second kappa shape index (κ2) is 11.4. The molecule has 2 aliphatic heterocycles. The molecule has 2 heterocycles. The molecule has 2 aliphatic rings. The maximum absolute atomic E-state index is 11.5. The molecule has 0 aromatic heterocycles. The van der Waals surface area contributed by atoms with Crippen LogP contribution in [0, 0.1) is 11.3 Å². The molecule has 192 valence electrons. The van der Waals surface area contributed by atoms with E-state index in [2.05, 4.69) is 6.07 Å². The molecule has 1 amide bonds. The zero-order chi connectivity index (χ0) is 25.8. The maximum atomic E-state index is 11.5. The number of ether oxygens (including phenoxy) is 2. The van der Waals surface area contributed by atoms with Gasteiger partial charge in [0.15, 0.2) is 0 Å². The number of piperidine rings is 1. The molecule has 36 heavy (non-hydrogen) atoms. The summed E-state index contributed by atoms with van der Waals surface area (Å²) in [6, 6.07) is 14.9. The molecule has 2 fully saturated rings. The normalized spacial score (nSPS) is 26.9. The number of likely N-dealkylation sites (tertiary alicyclic amines) is 1. The van der Waals surface area contributed by atoms with Gasteiger partial charge in [0, 0.05) is 32.9 Å². The molecule has 9 nitrogen and oxygen atoms in total. The fraction of sp³-hybridized carbons (Fsp3) is 0.481. The Morgan fingerprint density at radius 3 is 2.39 bits per heavy atom. The predicted molar refractivity (Wildman–Crippen MR) is 129 cm³/mol. The molecular formula is C27H32N2O7. The monoisotopic (exact) mass is 496 g/mol. The second-order valence-electron chi connectivity index (χ2n) is 9.42. The lowest BCUT2D eigenvalue weighted by molar-refractivity contribution is -0.231. The number of hydrogen-bond donors (Lipinski definition) is 4. The van der Waals surface area contributed by atoms with Crippen LogP contribution in [0.25, 0.3) is 0 Å². The van der Waals surface area contributed by atoms with Gasteiger partial charge in [-0.2, -0.15) is 5.26 Å². The van der Waals surface area contributed by atoms with E-state index in [4.69, 9.17) is 9.47 Å². The summed E-state index contributed by atoms with van der Waals surface area (Å²) in [5.41, 5.74) is 2.69. The van der Waals surface area contributed by atoms with Crippen molar-refractivity contribution < 1.29 is 34.7 Å². The van der Waals surface area contributed by atoms with Crippen molar-refractivity contribution in [3.63, 3.8) is 0 Å². The van der Waals surface area contributed by atoms with Crippen LogP contribution in [0.2, 0.25) is 0 Å². The standard InChI is InChI=1S/C27H32N2O7/c1-16(31)29-10-8-22(9-11-29)35-21-6-2-17(3-7-21)12-20-13-18(4-5-19(20)14-28)27-26(34)25(33)24(32)23(15-30)36-27/h2-7,13,22-27,30,32-34H,8-12,15H2,1H3/t23?,24-,25+,26-,27+/m1/s1. The number of nitriles is 1. The number of nitrogens with zero attached hydrogens (tertiary/aromatic N) is 2. The minimum atomic E-state index is -1.47. The van der Waals surface area contributed by atoms with Crippen molar-refractivity contribution in [3.8, 4) is 11.8 Å². The third-order valence-electron chi connectivity index (χ3n) is 6.98. The molecule has 9 heteroatoms. The van der Waals surface area contributed by atoms with Crippen LogP contribution in [0.1, 0.15) is 48.1 Å². The third-order valence-corrected chi connectivity index (χ3v) is 6.98. The van der Waals surface area contributed by atoms with E-state index >= 15 is 0 Å². The highest BCUT2D eigenvalue weighted by molar-refractivity contribution is 5.73. The first-order valence-corrected chi connectivity index (χ1v) is 12.1. The van der Waals surface area contributed by atoms with Gasteiger partial charge in [0.1, 0.15) is 42.4 Å². The summed E-state index contributed by atoms with van der Waals surface area (Å²) in [7, 11) is 0. The van der Waals surface area contributed by atoms with Gasteiger partial charge in [-0.15, -0.1) is 0 Å². The Labute approximate surface area is 210 Å². The maximum Gasteiger partial charge on any atom is 0.219 e. The van der Waals surface area contributed by atoms with E-state index in [1.807, 2.05) is 29.2 Å². The van der Waals surface area contributed by atoms with Crippen LogP contribution in [-0.2, 0) is 16.0 Å². The summed E-state index contributed by atoms with van der Waals surface area (Å²) in [6.07, 6.45) is -4.16. The largest absolute Gasteiger partial charge is 0.490 e. The molecule has 4 rings (SSSR count). The second-order valence-corrected chi connectivity index (χ2v) is 9.42. The first-order valence-electron chi connectivity index (χ1n) is 12.1. The first kappa shape index (κ1) is 26.1. The van der Waals surface area contributed by atoms with Crippen LogP contribution >= 0.6 is 0 Å². The van der Waals surface area contributed by atoms with Crippen molar-refractivity contribution in [2.24, 2.45) is 0 Å². The van der Waals surface area contributed by atoms with Gasteiger partial charge >= 0.3 is 0 Å². The van der Waals surface area contributed by atoms with Crippen LogP contribution in [0.4, 0.5) is 0 Å². The Morgan fingerprint density at radius 2 is 1.78 bits per heavy atom. The van der Waals surface area contributed by atoms with E-state index in [1.54, 1.807) is 25.1 Å². The summed E-state index contributed by atoms with van der Waals surface area (Å²) < 4.78 is 11.8. The Bertz CT molecular complexity index is 1090. The van der Waals surface area contributed by atoms with Crippen molar-refractivity contribution in [1.29, 1.82) is 5.26 Å². The fourth-order valence-electron chi connectivity index (χ4n) is 4.81. The molecule has 0 radical (unpaired) electrons. The van der Waals surface area contributed by atoms with Crippen LogP contribution in [0.3, 0.4) is 0 Å². The average Bonchev–Trinajstić information content (AvgIpc) is 2.89. The Balaban J connectivity index is 1.45. The highest BCUT2D eigenvalue weighted by Gasteiger charge is 2.44. The van der Waals surface area contributed by atoms with E-state index in [-0.39, 0.29) is 12.0 Å². The molecule has 0 spiro atoms. The van der Waals surface area contributed by atoms with Gasteiger partial charge in [0.2, 0.25) is 5.91 Å². The lowest BCUT2D eigenvalue weighted by Gasteiger charge is -2.40. The summed E-state index contributed by atoms with van der Waals surface area (Å²) in [5, 5.41) is 49.7. The molecule has 0 bridgehead atoms. The van der Waals surface area contributed by atoms with Crippen LogP contribution in [0.5, 0.6) is 5.75 Å². The number of hydrogen-bond acceptors (Lipinski definition) is 8. The van der Waals surface area contributed by atoms with E-state index in [9.17, 15) is 30.5 Å². The SMILES string of the molecule is CC(=O)N1CCC(Oc2ccc(Cc3cc([C@@H]4OC(CO)[C@@H](O)[C@H](O)[C@H]4O)ccc3C#N)cc2)CC1. The van der Waals surface area contributed by atoms with E-state index in [0.717, 1.165) is 29.7 Å². The summed E-state index contributed by atoms with van der Waals surface area (Å²) in [5.74, 6) is 0.834. The highest BCUT2D eigenvalue weighted by atomic mass is 16.5. The fourth-order valence-corrected chi connectivity index (χ4v) is 4.81. The highest BCUT2D eigenvalue weighted by Crippen LogP contribution is 2.33. The average molecular weight is 497 g/mol. The summed E-state index contributed by atoms with van der Waals surface area (Å²) in [4.78, 5) is 13.3. The zero-order valence-electron chi connectivity index (χ0n) is 20.2. The van der Waals surface area contributed by atoms with Gasteiger partial charge < -0.3 is 34.8 Å². The number of benzene rings is 2. The third kappa shape index (κ3) is 5.69. The van der Waals surface area contributed by atoms with Crippen LogP contribution in [-0.4, -0.2) is 81.4 Å². The van der Waals surface area contributed by atoms with Crippen LogP contribution in [0.15, 0.2) is 42.5 Å². The Morgan fingerprint density at radius 1 is 1.08 bits per heavy atom. The lowest BCUT2D eigenvalue weighted by Crippen LogP contribution is -2.55. The van der Waals surface area contributed by atoms with Crippen molar-refractivity contribution in [3.05, 3.63) is 64.7 Å². The molecule has 4 N–H and O–H groups in total. The van der Waals surface area contributed by atoms with Crippen LogP contribution < -0.4 is 4.74 Å². The quantitative estimate of drug-likeness (QED) is 0.465. The molecule has 1 unspecified atom stereocenters. The van der Waals surface area contributed by atoms with Gasteiger partial charge in [-0.25, -0.2) is 0 Å². The summed E-state index contributed by atoms with van der Waals surface area (Å²) in [6.45, 7) is 2.46. The van der Waals surface area contributed by atoms with Gasteiger partial charge in [-0.1, -0.05) is 24.3 Å². The number of rotatable bonds is 6. The Kier molecular flexibility index (Phi) is 8.24. The van der Waals surface area contributed by atoms with E-state index < -0.39 is 37.1 Å². The molecule has 0 saturated carbocycles. The smallest absolute Gasteiger partial charge is 0.219 e. The van der Waals surface area contributed by atoms with E-state index in [1.165, 1.54) is 0 Å². The van der Waals surface area contributed by atoms with Gasteiger partial charge in [-0.05, 0) is 41.3 Å². The summed E-state index contributed by atoms with van der Waals surface area (Å²) >= 11 is 0. The topological polar surface area (TPSA) is 143 Å². The molecule has 2 aromatic carbocycles. The van der Waals surface area contributed by atoms with Crippen molar-refractivity contribution >= 4 is 5.91 Å². The molecule has 0 aliphatic carbocycles. The first-order chi connectivity index (χ1) is 17.3. The predicted octanol–water partition coefficient (Wildman–Crippen LogP) is 1.05. The number of aliphatic hydroxyl groups is 4. The number of amides is 1. The number of aliphatic hydroxyl groups excluding tert-OH is 4. The Hall–Kier alpha value is -3.00. The lowest BCUT2D eigenvalue weighted by atomic mass is 9.89. The van der Waals surface area contributed by atoms with Gasteiger partial charge in [-0.3, -0.25) is 4.79 Å². The van der Waals surface area contributed by atoms with Gasteiger partial charge in [0.05, 0.1) is 18.2 Å². The number of carbonyl (C=O) groups excluding carboxylic acids is 1. The van der Waals surface area contributed by atoms with Crippen molar-refractivity contribution in [2.75, 3.05) is 19.7 Å². The minimum Gasteiger partial charge on any atom is -0.490 e. The van der Waals surface area contributed by atoms with E-state index in [0.29, 0.717) is 30.6 Å². The minimum absolute atomic E-state index is 0.0619. The number of carbonyl (C=O) groups is 1. The molecule has 5 atom stereocenters.